The molecule has 0 saturated heterocycles. The largest absolute Gasteiger partial charge is 0.381 e. The van der Waals surface area contributed by atoms with Gasteiger partial charge in [0.2, 0.25) is 0 Å². The van der Waals surface area contributed by atoms with Crippen molar-refractivity contribution in [2.45, 2.75) is 33.2 Å². The second-order valence-corrected chi connectivity index (χ2v) is 3.14. The first-order chi connectivity index (χ1) is 5.74. The molecule has 0 aliphatic carbocycles. The highest BCUT2D eigenvalue weighted by Crippen LogP contribution is 2.13. The maximum absolute atomic E-state index is 4.07. The van der Waals surface area contributed by atoms with Gasteiger partial charge in [-0.15, -0.1) is 0 Å². The van der Waals surface area contributed by atoms with Crippen molar-refractivity contribution in [2.75, 3.05) is 5.32 Å². The van der Waals surface area contributed by atoms with Crippen LogP contribution in [0, 0.1) is 6.92 Å². The Morgan fingerprint density at radius 1 is 1.58 bits per heavy atom. The van der Waals surface area contributed by atoms with Crippen molar-refractivity contribution in [2.24, 2.45) is 0 Å². The maximum atomic E-state index is 4.07. The predicted molar refractivity (Wildman–Crippen MR) is 52.3 cm³/mol. The summed E-state index contributed by atoms with van der Waals surface area (Å²) in [5.41, 5.74) is 2.40. The Morgan fingerprint density at radius 2 is 2.33 bits per heavy atom. The molecule has 0 bridgehead atoms. The summed E-state index contributed by atoms with van der Waals surface area (Å²) in [5, 5.41) is 3.40. The fraction of sp³-hybridized carbons (Fsp3) is 0.500. The van der Waals surface area contributed by atoms with E-state index in [2.05, 4.69) is 31.1 Å². The van der Waals surface area contributed by atoms with Crippen molar-refractivity contribution in [1.82, 2.24) is 4.98 Å². The molecule has 0 fully saturated rings. The summed E-state index contributed by atoms with van der Waals surface area (Å²) < 4.78 is 0. The molecule has 12 heavy (non-hydrogen) atoms. The number of hydrogen-bond acceptors (Lipinski definition) is 2. The Kier molecular flexibility index (Phi) is 3.09. The van der Waals surface area contributed by atoms with E-state index in [0.29, 0.717) is 6.04 Å². The van der Waals surface area contributed by atoms with Gasteiger partial charge in [0.1, 0.15) is 0 Å². The highest BCUT2D eigenvalue weighted by molar-refractivity contribution is 5.48. The summed E-state index contributed by atoms with van der Waals surface area (Å²) in [6.45, 7) is 6.43. The Hall–Kier alpha value is -1.05. The fourth-order valence-corrected chi connectivity index (χ4v) is 0.983. The number of aromatic nitrogens is 1. The number of nitrogens with zero attached hydrogens (tertiary/aromatic N) is 1. The van der Waals surface area contributed by atoms with Gasteiger partial charge >= 0.3 is 0 Å². The standard InChI is InChI=1S/C10H16N2/c1-4-9(3)12-10-7-11-6-5-8(10)2/h5-7,9,12H,4H2,1-3H3. The first kappa shape index (κ1) is 9.04. The Morgan fingerprint density at radius 3 is 2.92 bits per heavy atom. The number of hydrogen-bond donors (Lipinski definition) is 1. The molecule has 2 heteroatoms. The van der Waals surface area contributed by atoms with Gasteiger partial charge < -0.3 is 5.32 Å². The zero-order chi connectivity index (χ0) is 8.97. The van der Waals surface area contributed by atoms with Crippen LogP contribution in [0.2, 0.25) is 0 Å². The van der Waals surface area contributed by atoms with E-state index < -0.39 is 0 Å². The molecule has 0 aliphatic heterocycles. The molecular formula is C10H16N2. The lowest BCUT2D eigenvalue weighted by Crippen LogP contribution is -2.14. The predicted octanol–water partition coefficient (Wildman–Crippen LogP) is 2.60. The maximum Gasteiger partial charge on any atom is 0.0558 e. The van der Waals surface area contributed by atoms with E-state index in [1.807, 2.05) is 18.5 Å². The third-order valence-electron chi connectivity index (χ3n) is 2.05. The van der Waals surface area contributed by atoms with E-state index in [0.717, 1.165) is 12.1 Å². The van der Waals surface area contributed by atoms with Crippen LogP contribution in [0.4, 0.5) is 5.69 Å². The van der Waals surface area contributed by atoms with Crippen molar-refractivity contribution in [1.29, 1.82) is 0 Å². The molecule has 2 nitrogen and oxygen atoms in total. The number of anilines is 1. The lowest BCUT2D eigenvalue weighted by atomic mass is 10.2. The normalized spacial score (nSPS) is 12.6. The van der Waals surface area contributed by atoms with Crippen LogP contribution in [0.3, 0.4) is 0 Å². The van der Waals surface area contributed by atoms with Crippen LogP contribution in [-0.4, -0.2) is 11.0 Å². The fourth-order valence-electron chi connectivity index (χ4n) is 0.983. The topological polar surface area (TPSA) is 24.9 Å². The third kappa shape index (κ3) is 2.22. The van der Waals surface area contributed by atoms with Gasteiger partial charge in [0.15, 0.2) is 0 Å². The van der Waals surface area contributed by atoms with Crippen LogP contribution in [0.1, 0.15) is 25.8 Å². The van der Waals surface area contributed by atoms with Crippen LogP contribution in [0.25, 0.3) is 0 Å². The first-order valence-corrected chi connectivity index (χ1v) is 4.41. The number of pyridine rings is 1. The van der Waals surface area contributed by atoms with Gasteiger partial charge in [0.05, 0.1) is 11.9 Å². The third-order valence-corrected chi connectivity index (χ3v) is 2.05. The van der Waals surface area contributed by atoms with Crippen molar-refractivity contribution in [3.63, 3.8) is 0 Å². The van der Waals surface area contributed by atoms with E-state index in [1.165, 1.54) is 5.56 Å². The van der Waals surface area contributed by atoms with E-state index in [1.54, 1.807) is 0 Å². The molecule has 1 atom stereocenters. The summed E-state index contributed by atoms with van der Waals surface area (Å²) in [4.78, 5) is 4.07. The van der Waals surface area contributed by atoms with Gasteiger partial charge in [-0.2, -0.15) is 0 Å². The molecule has 66 valence electrons. The van der Waals surface area contributed by atoms with Gasteiger partial charge in [-0.05, 0) is 31.9 Å². The zero-order valence-electron chi connectivity index (χ0n) is 7.96. The lowest BCUT2D eigenvalue weighted by molar-refractivity contribution is 0.762. The second kappa shape index (κ2) is 4.10. The molecule has 1 rings (SSSR count). The quantitative estimate of drug-likeness (QED) is 0.742. The van der Waals surface area contributed by atoms with E-state index in [-0.39, 0.29) is 0 Å². The molecule has 0 amide bonds. The molecule has 1 aromatic heterocycles. The minimum absolute atomic E-state index is 0.521. The average molecular weight is 164 g/mol. The molecule has 0 aliphatic rings. The highest BCUT2D eigenvalue weighted by atomic mass is 14.9. The van der Waals surface area contributed by atoms with Gasteiger partial charge in [0.25, 0.3) is 0 Å². The minimum Gasteiger partial charge on any atom is -0.381 e. The molecule has 0 aromatic carbocycles. The smallest absolute Gasteiger partial charge is 0.0558 e. The lowest BCUT2D eigenvalue weighted by Gasteiger charge is -2.14. The highest BCUT2D eigenvalue weighted by Gasteiger charge is 2.00. The monoisotopic (exact) mass is 164 g/mol. The molecule has 0 spiro atoms. The molecule has 1 heterocycles. The first-order valence-electron chi connectivity index (χ1n) is 4.41. The SMILES string of the molecule is CCC(C)Nc1cnccc1C. The molecular weight excluding hydrogens is 148 g/mol. The summed E-state index contributed by atoms with van der Waals surface area (Å²) in [5.74, 6) is 0. The second-order valence-electron chi connectivity index (χ2n) is 3.14. The molecule has 1 N–H and O–H groups in total. The van der Waals surface area contributed by atoms with Crippen LogP contribution < -0.4 is 5.32 Å². The summed E-state index contributed by atoms with van der Waals surface area (Å²) >= 11 is 0. The van der Waals surface area contributed by atoms with Gasteiger partial charge in [-0.3, -0.25) is 4.98 Å². The van der Waals surface area contributed by atoms with Crippen molar-refractivity contribution in [3.05, 3.63) is 24.0 Å². The molecule has 0 radical (unpaired) electrons. The summed E-state index contributed by atoms with van der Waals surface area (Å²) in [6.07, 6.45) is 4.83. The summed E-state index contributed by atoms with van der Waals surface area (Å²) in [7, 11) is 0. The van der Waals surface area contributed by atoms with Crippen LogP contribution in [-0.2, 0) is 0 Å². The molecule has 1 aromatic rings. The van der Waals surface area contributed by atoms with Gasteiger partial charge in [-0.1, -0.05) is 6.92 Å². The van der Waals surface area contributed by atoms with Gasteiger partial charge in [0, 0.05) is 12.2 Å². The number of nitrogens with one attached hydrogen (secondary N) is 1. The Balaban J connectivity index is 2.69. The summed E-state index contributed by atoms with van der Waals surface area (Å²) in [6, 6.07) is 2.54. The van der Waals surface area contributed by atoms with Crippen molar-refractivity contribution < 1.29 is 0 Å². The van der Waals surface area contributed by atoms with Gasteiger partial charge in [-0.25, -0.2) is 0 Å². The van der Waals surface area contributed by atoms with Crippen LogP contribution >= 0.6 is 0 Å². The van der Waals surface area contributed by atoms with Crippen molar-refractivity contribution >= 4 is 5.69 Å². The Labute approximate surface area is 74.0 Å². The Bertz CT molecular complexity index is 245. The van der Waals surface area contributed by atoms with E-state index >= 15 is 0 Å². The van der Waals surface area contributed by atoms with E-state index in [9.17, 15) is 0 Å². The number of rotatable bonds is 3. The molecule has 0 saturated carbocycles. The van der Waals surface area contributed by atoms with Crippen molar-refractivity contribution in [3.8, 4) is 0 Å². The zero-order valence-corrected chi connectivity index (χ0v) is 7.96. The minimum atomic E-state index is 0.521. The molecule has 1 unspecified atom stereocenters. The average Bonchev–Trinajstić information content (AvgIpc) is 2.09. The van der Waals surface area contributed by atoms with E-state index in [4.69, 9.17) is 0 Å². The van der Waals surface area contributed by atoms with Crippen LogP contribution in [0.5, 0.6) is 0 Å². The van der Waals surface area contributed by atoms with Crippen LogP contribution in [0.15, 0.2) is 18.5 Å². The number of aryl methyl sites for hydroxylation is 1.